The van der Waals surface area contributed by atoms with E-state index >= 15 is 0 Å². The first kappa shape index (κ1) is 17.7. The molecule has 0 aliphatic rings. The number of sulfone groups is 1. The van der Waals surface area contributed by atoms with Crippen molar-refractivity contribution in [3.63, 3.8) is 0 Å². The third-order valence-electron chi connectivity index (χ3n) is 2.69. The second-order valence-electron chi connectivity index (χ2n) is 4.33. The second-order valence-corrected chi connectivity index (χ2v) is 6.30. The van der Waals surface area contributed by atoms with Gasteiger partial charge in [-0.15, -0.1) is 12.8 Å². The van der Waals surface area contributed by atoms with E-state index in [2.05, 4.69) is 11.8 Å². The van der Waals surface area contributed by atoms with Crippen LogP contribution in [0.15, 0.2) is 24.3 Å². The summed E-state index contributed by atoms with van der Waals surface area (Å²) in [6.45, 7) is 0.0646. The first-order chi connectivity index (χ1) is 10.3. The number of halogens is 2. The number of benzene rings is 1. The second kappa shape index (κ2) is 7.58. The molecule has 0 fully saturated rings. The summed E-state index contributed by atoms with van der Waals surface area (Å²) in [6, 6.07) is 5.30. The van der Waals surface area contributed by atoms with Gasteiger partial charge in [-0.1, -0.05) is 24.0 Å². The van der Waals surface area contributed by atoms with Crippen LogP contribution in [0, 0.1) is 24.7 Å². The normalized spacial score (nSPS) is 10.8. The number of carbonyl (C=O) groups excluding carboxylic acids is 1. The Hall–Kier alpha value is -2.38. The van der Waals surface area contributed by atoms with Gasteiger partial charge in [-0.25, -0.2) is 8.42 Å². The van der Waals surface area contributed by atoms with E-state index < -0.39 is 27.3 Å². The van der Waals surface area contributed by atoms with Gasteiger partial charge in [0.05, 0.1) is 18.8 Å². The van der Waals surface area contributed by atoms with Crippen molar-refractivity contribution < 1.29 is 22.0 Å². The molecule has 7 heteroatoms. The Labute approximate surface area is 128 Å². The van der Waals surface area contributed by atoms with Crippen LogP contribution >= 0.6 is 0 Å². The first-order valence-corrected chi connectivity index (χ1v) is 7.78. The standard InChI is InChI=1S/C15H13F2NO3S/c1-3-9-18(10-4-2)14(19)13-7-5-12(6-8-13)11-22(20,21)15(16)17/h1-2,5-8,15H,9-11H2. The first-order valence-electron chi connectivity index (χ1n) is 6.06. The van der Waals surface area contributed by atoms with Crippen LogP contribution in [0.2, 0.25) is 0 Å². The SMILES string of the molecule is C#CCN(CC#C)C(=O)c1ccc(CS(=O)(=O)C(F)F)cc1. The molecule has 0 unspecified atom stereocenters. The Kier molecular flexibility index (Phi) is 6.09. The zero-order valence-electron chi connectivity index (χ0n) is 11.5. The van der Waals surface area contributed by atoms with Crippen molar-refractivity contribution in [3.05, 3.63) is 35.4 Å². The van der Waals surface area contributed by atoms with Crippen LogP contribution in [0.1, 0.15) is 15.9 Å². The Morgan fingerprint density at radius 3 is 2.05 bits per heavy atom. The maximum absolute atomic E-state index is 12.3. The van der Waals surface area contributed by atoms with E-state index in [1.54, 1.807) is 0 Å². The van der Waals surface area contributed by atoms with E-state index in [0.29, 0.717) is 0 Å². The van der Waals surface area contributed by atoms with Gasteiger partial charge in [0.25, 0.3) is 5.91 Å². The minimum Gasteiger partial charge on any atom is -0.316 e. The van der Waals surface area contributed by atoms with Crippen molar-refractivity contribution in [1.82, 2.24) is 4.90 Å². The summed E-state index contributed by atoms with van der Waals surface area (Å²) in [7, 11) is -4.50. The van der Waals surface area contributed by atoms with Crippen molar-refractivity contribution in [2.75, 3.05) is 13.1 Å². The highest BCUT2D eigenvalue weighted by Crippen LogP contribution is 2.15. The van der Waals surface area contributed by atoms with Gasteiger partial charge >= 0.3 is 5.76 Å². The Morgan fingerprint density at radius 2 is 1.64 bits per heavy atom. The van der Waals surface area contributed by atoms with Crippen LogP contribution in [-0.4, -0.2) is 38.1 Å². The lowest BCUT2D eigenvalue weighted by atomic mass is 10.1. The number of rotatable bonds is 6. The van der Waals surface area contributed by atoms with Gasteiger partial charge in [-0.3, -0.25) is 4.79 Å². The van der Waals surface area contributed by atoms with Crippen molar-refractivity contribution in [3.8, 4) is 24.7 Å². The summed E-state index contributed by atoms with van der Waals surface area (Å²) in [5.41, 5.74) is 0.404. The molecular weight excluding hydrogens is 312 g/mol. The summed E-state index contributed by atoms with van der Waals surface area (Å²) < 4.78 is 46.8. The van der Waals surface area contributed by atoms with Crippen LogP contribution in [0.5, 0.6) is 0 Å². The summed E-state index contributed by atoms with van der Waals surface area (Å²) in [5.74, 6) is -0.0361. The van der Waals surface area contributed by atoms with Crippen molar-refractivity contribution >= 4 is 15.7 Å². The molecule has 1 amide bonds. The lowest BCUT2D eigenvalue weighted by Gasteiger charge is -2.17. The van der Waals surface area contributed by atoms with Gasteiger partial charge in [0.1, 0.15) is 0 Å². The maximum atomic E-state index is 12.3. The highest BCUT2D eigenvalue weighted by atomic mass is 32.2. The number of hydrogen-bond donors (Lipinski definition) is 0. The van der Waals surface area contributed by atoms with E-state index in [9.17, 15) is 22.0 Å². The molecule has 0 bridgehead atoms. The van der Waals surface area contributed by atoms with E-state index in [0.717, 1.165) is 0 Å². The van der Waals surface area contributed by atoms with E-state index in [1.807, 2.05) is 0 Å². The topological polar surface area (TPSA) is 54.5 Å². The number of nitrogens with zero attached hydrogens (tertiary/aromatic N) is 1. The van der Waals surface area contributed by atoms with Crippen molar-refractivity contribution in [2.24, 2.45) is 0 Å². The lowest BCUT2D eigenvalue weighted by Crippen LogP contribution is -2.31. The Bertz CT molecular complexity index is 697. The van der Waals surface area contributed by atoms with Gasteiger partial charge in [-0.05, 0) is 17.7 Å². The number of terminal acetylenes is 2. The van der Waals surface area contributed by atoms with Crippen LogP contribution in [0.25, 0.3) is 0 Å². The maximum Gasteiger partial charge on any atom is 0.337 e. The van der Waals surface area contributed by atoms with Gasteiger partial charge in [-0.2, -0.15) is 8.78 Å². The number of hydrogen-bond acceptors (Lipinski definition) is 3. The Balaban J connectivity index is 2.91. The molecule has 0 saturated heterocycles. The van der Waals surface area contributed by atoms with Crippen LogP contribution in [0.3, 0.4) is 0 Å². The number of alkyl halides is 2. The van der Waals surface area contributed by atoms with Crippen LogP contribution in [0.4, 0.5) is 8.78 Å². The number of carbonyl (C=O) groups is 1. The predicted octanol–water partition coefficient (Wildman–Crippen LogP) is 1.53. The molecule has 0 radical (unpaired) electrons. The minimum atomic E-state index is -4.50. The van der Waals surface area contributed by atoms with E-state index in [1.165, 1.54) is 29.2 Å². The van der Waals surface area contributed by atoms with Crippen LogP contribution in [-0.2, 0) is 15.6 Å². The van der Waals surface area contributed by atoms with Gasteiger partial charge in [0, 0.05) is 5.56 Å². The fraction of sp³-hybridized carbons (Fsp3) is 0.267. The van der Waals surface area contributed by atoms with Crippen molar-refractivity contribution in [2.45, 2.75) is 11.5 Å². The zero-order valence-corrected chi connectivity index (χ0v) is 12.3. The minimum absolute atomic E-state index is 0.0323. The fourth-order valence-corrected chi connectivity index (χ4v) is 2.42. The molecule has 0 aliphatic heterocycles. The molecule has 1 rings (SSSR count). The third-order valence-corrected chi connectivity index (χ3v) is 3.97. The Morgan fingerprint density at radius 1 is 1.14 bits per heavy atom. The molecule has 22 heavy (non-hydrogen) atoms. The smallest absolute Gasteiger partial charge is 0.316 e. The van der Waals surface area contributed by atoms with Crippen LogP contribution < -0.4 is 0 Å². The number of amides is 1. The lowest BCUT2D eigenvalue weighted by molar-refractivity contribution is 0.0796. The highest BCUT2D eigenvalue weighted by molar-refractivity contribution is 7.90. The molecule has 0 heterocycles. The molecule has 0 aliphatic carbocycles. The molecule has 1 aromatic rings. The predicted molar refractivity (Wildman–Crippen MR) is 78.6 cm³/mol. The monoisotopic (exact) mass is 325 g/mol. The largest absolute Gasteiger partial charge is 0.337 e. The molecule has 1 aromatic carbocycles. The quantitative estimate of drug-likeness (QED) is 0.746. The summed E-state index contributed by atoms with van der Waals surface area (Å²) >= 11 is 0. The summed E-state index contributed by atoms with van der Waals surface area (Å²) in [6.07, 6.45) is 10.3. The molecule has 4 nitrogen and oxygen atoms in total. The molecule has 0 atom stereocenters. The third kappa shape index (κ3) is 4.57. The fourth-order valence-electron chi connectivity index (χ4n) is 1.64. The molecule has 0 saturated carbocycles. The summed E-state index contributed by atoms with van der Waals surface area (Å²) in [5, 5.41) is 0. The van der Waals surface area contributed by atoms with Gasteiger partial charge in [0.15, 0.2) is 0 Å². The molecule has 116 valence electrons. The van der Waals surface area contributed by atoms with Gasteiger partial charge < -0.3 is 4.90 Å². The average Bonchev–Trinajstić information content (AvgIpc) is 2.46. The zero-order chi connectivity index (χ0) is 16.8. The molecule has 0 spiro atoms. The highest BCUT2D eigenvalue weighted by Gasteiger charge is 2.24. The molecular formula is C15H13F2NO3S. The van der Waals surface area contributed by atoms with Crippen molar-refractivity contribution in [1.29, 1.82) is 0 Å². The van der Waals surface area contributed by atoms with Gasteiger partial charge in [0.2, 0.25) is 9.84 Å². The average molecular weight is 325 g/mol. The summed E-state index contributed by atoms with van der Waals surface area (Å²) in [4.78, 5) is 13.4. The van der Waals surface area contributed by atoms with E-state index in [-0.39, 0.29) is 24.2 Å². The molecule has 0 aromatic heterocycles. The molecule has 0 N–H and O–H groups in total. The van der Waals surface area contributed by atoms with E-state index in [4.69, 9.17) is 12.8 Å².